The van der Waals surface area contributed by atoms with E-state index in [0.717, 1.165) is 12.0 Å². The highest BCUT2D eigenvalue weighted by Gasteiger charge is 2.16. The Balaban J connectivity index is 0.00000729. The molecule has 0 spiro atoms. The number of guanidine groups is 1. The van der Waals surface area contributed by atoms with Crippen molar-refractivity contribution in [2.24, 2.45) is 16.6 Å². The van der Waals surface area contributed by atoms with E-state index in [-0.39, 0.29) is 36.3 Å². The zero-order valence-electron chi connectivity index (χ0n) is 16.6. The predicted octanol–water partition coefficient (Wildman–Crippen LogP) is 1.70. The molecule has 1 aromatic rings. The number of nitrogens with zero attached hydrogens (tertiary/aromatic N) is 1. The number of carbonyl (C=O) groups excluding carboxylic acids is 1. The average molecular weight is 510 g/mol. The topological polar surface area (TPSA) is 98.0 Å². The lowest BCUT2D eigenvalue weighted by Gasteiger charge is -2.14. The molecule has 0 bridgehead atoms. The molecule has 1 atom stereocenters. The van der Waals surface area contributed by atoms with E-state index >= 15 is 0 Å². The number of benzene rings is 1. The van der Waals surface area contributed by atoms with Crippen LogP contribution in [0.1, 0.15) is 18.9 Å². The summed E-state index contributed by atoms with van der Waals surface area (Å²) < 4.78 is 23.3. The highest BCUT2D eigenvalue weighted by molar-refractivity contribution is 14.0. The molecule has 0 heterocycles. The van der Waals surface area contributed by atoms with Crippen LogP contribution in [0.5, 0.6) is 0 Å². The first kappa shape index (κ1) is 26.5. The summed E-state index contributed by atoms with van der Waals surface area (Å²) in [5.74, 6) is -0.564. The summed E-state index contributed by atoms with van der Waals surface area (Å²) in [4.78, 5) is 16.2. The van der Waals surface area contributed by atoms with E-state index < -0.39 is 11.8 Å². The molecular formula is C19H32FIN4O3. The molecule has 0 radical (unpaired) electrons. The molecule has 4 N–H and O–H groups in total. The summed E-state index contributed by atoms with van der Waals surface area (Å²) in [5.41, 5.74) is 6.35. The first-order valence-corrected chi connectivity index (χ1v) is 9.19. The van der Waals surface area contributed by atoms with Crippen LogP contribution in [0.4, 0.5) is 4.39 Å². The maximum atomic E-state index is 13.0. The molecule has 0 fully saturated rings. The predicted molar refractivity (Wildman–Crippen MR) is 119 cm³/mol. The summed E-state index contributed by atoms with van der Waals surface area (Å²) in [6.45, 7) is 5.41. The third-order valence-corrected chi connectivity index (χ3v) is 3.80. The minimum atomic E-state index is -0.455. The maximum Gasteiger partial charge on any atom is 0.222 e. The standard InChI is InChI=1S/C19H31FN4O3.HI/c1-3-22-19(23-9-4-10-27-12-11-26-2)24-14-16(18(21)25)13-15-5-7-17(20)8-6-15;/h5-8,16H,3-4,9-14H2,1-2H3,(H2,21,25)(H2,22,23,24);1H. The second-order valence-electron chi connectivity index (χ2n) is 6.04. The number of nitrogens with one attached hydrogen (secondary N) is 2. The highest BCUT2D eigenvalue weighted by Crippen LogP contribution is 2.10. The van der Waals surface area contributed by atoms with Crippen LogP contribution in [0.3, 0.4) is 0 Å². The van der Waals surface area contributed by atoms with Crippen LogP contribution in [0.2, 0.25) is 0 Å². The fourth-order valence-corrected chi connectivity index (χ4v) is 2.33. The Labute approximate surface area is 183 Å². The zero-order chi connectivity index (χ0) is 19.9. The van der Waals surface area contributed by atoms with Crippen molar-refractivity contribution in [2.45, 2.75) is 19.8 Å². The van der Waals surface area contributed by atoms with Crippen molar-refractivity contribution >= 4 is 35.8 Å². The molecule has 28 heavy (non-hydrogen) atoms. The van der Waals surface area contributed by atoms with Gasteiger partial charge in [0.15, 0.2) is 5.96 Å². The van der Waals surface area contributed by atoms with E-state index in [2.05, 4.69) is 15.6 Å². The molecule has 1 rings (SSSR count). The number of amides is 1. The summed E-state index contributed by atoms with van der Waals surface area (Å²) in [6.07, 6.45) is 1.24. The maximum absolute atomic E-state index is 13.0. The number of rotatable bonds is 13. The zero-order valence-corrected chi connectivity index (χ0v) is 18.9. The van der Waals surface area contributed by atoms with Gasteiger partial charge >= 0.3 is 0 Å². The van der Waals surface area contributed by atoms with Crippen molar-refractivity contribution in [2.75, 3.05) is 46.6 Å². The smallest absolute Gasteiger partial charge is 0.222 e. The molecule has 1 unspecified atom stereocenters. The van der Waals surface area contributed by atoms with Crippen molar-refractivity contribution in [3.05, 3.63) is 35.6 Å². The van der Waals surface area contributed by atoms with E-state index in [4.69, 9.17) is 15.2 Å². The molecular weight excluding hydrogens is 478 g/mol. The van der Waals surface area contributed by atoms with Gasteiger partial charge in [0.05, 0.1) is 25.7 Å². The minimum absolute atomic E-state index is 0. The Kier molecular flexibility index (Phi) is 15.6. The monoisotopic (exact) mass is 510 g/mol. The molecule has 0 aromatic heterocycles. The third kappa shape index (κ3) is 12.1. The number of carbonyl (C=O) groups is 1. The first-order valence-electron chi connectivity index (χ1n) is 9.19. The van der Waals surface area contributed by atoms with Gasteiger partial charge in [-0.05, 0) is 37.5 Å². The SMILES string of the molecule is CCNC(=NCC(Cc1ccc(F)cc1)C(N)=O)NCCCOCCOC.I. The Morgan fingerprint density at radius 3 is 2.54 bits per heavy atom. The van der Waals surface area contributed by atoms with E-state index in [0.29, 0.717) is 45.3 Å². The second-order valence-corrected chi connectivity index (χ2v) is 6.04. The van der Waals surface area contributed by atoms with E-state index in [1.165, 1.54) is 12.1 Å². The lowest BCUT2D eigenvalue weighted by Crippen LogP contribution is -2.39. The van der Waals surface area contributed by atoms with Crippen LogP contribution in [0.25, 0.3) is 0 Å². The van der Waals surface area contributed by atoms with Crippen LogP contribution in [-0.4, -0.2) is 58.4 Å². The Morgan fingerprint density at radius 1 is 1.21 bits per heavy atom. The van der Waals surface area contributed by atoms with Gasteiger partial charge in [0, 0.05) is 26.8 Å². The van der Waals surface area contributed by atoms with Crippen LogP contribution in [-0.2, 0) is 20.7 Å². The van der Waals surface area contributed by atoms with Gasteiger partial charge in [0.1, 0.15) is 5.82 Å². The van der Waals surface area contributed by atoms with Crippen LogP contribution in [0, 0.1) is 11.7 Å². The van der Waals surface area contributed by atoms with Crippen molar-refractivity contribution in [1.82, 2.24) is 10.6 Å². The molecule has 0 saturated heterocycles. The largest absolute Gasteiger partial charge is 0.382 e. The molecule has 9 heteroatoms. The van der Waals surface area contributed by atoms with Gasteiger partial charge in [-0.15, -0.1) is 24.0 Å². The quantitative estimate of drug-likeness (QED) is 0.163. The number of aliphatic imine (C=N–C) groups is 1. The van der Waals surface area contributed by atoms with Crippen molar-refractivity contribution < 1.29 is 18.7 Å². The second kappa shape index (κ2) is 16.5. The fraction of sp³-hybridized carbons (Fsp3) is 0.579. The molecule has 0 aliphatic carbocycles. The van der Waals surface area contributed by atoms with Crippen molar-refractivity contribution in [3.63, 3.8) is 0 Å². The third-order valence-electron chi connectivity index (χ3n) is 3.80. The fourth-order valence-electron chi connectivity index (χ4n) is 2.33. The molecule has 0 saturated carbocycles. The normalized spacial score (nSPS) is 12.2. The number of nitrogens with two attached hydrogens (primary N) is 1. The number of halogens is 2. The van der Waals surface area contributed by atoms with Gasteiger partial charge in [-0.1, -0.05) is 12.1 Å². The van der Waals surface area contributed by atoms with E-state index in [1.54, 1.807) is 19.2 Å². The summed E-state index contributed by atoms with van der Waals surface area (Å²) in [5, 5.41) is 6.34. The van der Waals surface area contributed by atoms with Crippen LogP contribution >= 0.6 is 24.0 Å². The van der Waals surface area contributed by atoms with Crippen LogP contribution in [0.15, 0.2) is 29.3 Å². The average Bonchev–Trinajstić information content (AvgIpc) is 2.65. The van der Waals surface area contributed by atoms with Crippen molar-refractivity contribution in [1.29, 1.82) is 0 Å². The number of methoxy groups -OCH3 is 1. The van der Waals surface area contributed by atoms with Gasteiger partial charge in [-0.25, -0.2) is 4.39 Å². The lowest BCUT2D eigenvalue weighted by molar-refractivity contribution is -0.121. The van der Waals surface area contributed by atoms with Gasteiger partial charge in [0.2, 0.25) is 5.91 Å². The Hall–Kier alpha value is -1.46. The molecule has 1 aromatic carbocycles. The van der Waals surface area contributed by atoms with Crippen molar-refractivity contribution in [3.8, 4) is 0 Å². The van der Waals surface area contributed by atoms with Gasteiger partial charge < -0.3 is 25.8 Å². The lowest BCUT2D eigenvalue weighted by atomic mass is 9.99. The summed E-state index contributed by atoms with van der Waals surface area (Å²) >= 11 is 0. The van der Waals surface area contributed by atoms with Gasteiger partial charge in [-0.2, -0.15) is 0 Å². The molecule has 160 valence electrons. The Bertz CT molecular complexity index is 573. The number of hydrogen-bond donors (Lipinski definition) is 3. The first-order chi connectivity index (χ1) is 13.1. The molecule has 1 amide bonds. The van der Waals surface area contributed by atoms with E-state index in [1.807, 2.05) is 6.92 Å². The number of ether oxygens (including phenoxy) is 2. The highest BCUT2D eigenvalue weighted by atomic mass is 127. The number of primary amides is 1. The molecule has 0 aliphatic rings. The minimum Gasteiger partial charge on any atom is -0.382 e. The Morgan fingerprint density at radius 2 is 1.93 bits per heavy atom. The summed E-state index contributed by atoms with van der Waals surface area (Å²) in [7, 11) is 1.64. The van der Waals surface area contributed by atoms with E-state index in [9.17, 15) is 9.18 Å². The molecule has 7 nitrogen and oxygen atoms in total. The summed E-state index contributed by atoms with van der Waals surface area (Å²) in [6, 6.07) is 6.05. The number of hydrogen-bond acceptors (Lipinski definition) is 4. The molecule has 0 aliphatic heterocycles. The van der Waals surface area contributed by atoms with Gasteiger partial charge in [-0.3, -0.25) is 9.79 Å². The van der Waals surface area contributed by atoms with Gasteiger partial charge in [0.25, 0.3) is 0 Å². The van der Waals surface area contributed by atoms with Crippen LogP contribution < -0.4 is 16.4 Å².